The second kappa shape index (κ2) is 7.06. The molecule has 7 heteroatoms. The summed E-state index contributed by atoms with van der Waals surface area (Å²) in [6, 6.07) is 6.15. The van der Waals surface area contributed by atoms with Gasteiger partial charge in [0.25, 0.3) is 5.91 Å². The Hall–Kier alpha value is -1.37. The van der Waals surface area contributed by atoms with Crippen LogP contribution >= 0.6 is 23.7 Å². The number of rotatable bonds is 4. The minimum Gasteiger partial charge on any atom is -0.333 e. The molecule has 2 N–H and O–H groups in total. The fourth-order valence-corrected chi connectivity index (χ4v) is 3.38. The quantitative estimate of drug-likeness (QED) is 0.907. The number of nitrogens with one attached hydrogen (secondary N) is 2. The number of hydrogen-bond donors (Lipinski definition) is 2. The first kappa shape index (κ1) is 16.0. The van der Waals surface area contributed by atoms with Crippen molar-refractivity contribution in [2.75, 3.05) is 20.1 Å². The van der Waals surface area contributed by atoms with Gasteiger partial charge in [0.15, 0.2) is 5.69 Å². The second-order valence-electron chi connectivity index (χ2n) is 5.00. The van der Waals surface area contributed by atoms with Crippen molar-refractivity contribution >= 4 is 29.7 Å². The Kier molecular flexibility index (Phi) is 5.39. The van der Waals surface area contributed by atoms with E-state index in [9.17, 15) is 4.79 Å². The van der Waals surface area contributed by atoms with Gasteiger partial charge in [-0.3, -0.25) is 9.89 Å². The first-order chi connectivity index (χ1) is 9.79. The molecule has 1 amide bonds. The van der Waals surface area contributed by atoms with Gasteiger partial charge in [-0.2, -0.15) is 5.10 Å². The number of halogens is 1. The highest BCUT2D eigenvalue weighted by molar-refractivity contribution is 7.13. The van der Waals surface area contributed by atoms with Crippen molar-refractivity contribution in [2.45, 2.75) is 18.9 Å². The van der Waals surface area contributed by atoms with Crippen molar-refractivity contribution in [1.82, 2.24) is 20.4 Å². The lowest BCUT2D eigenvalue weighted by Crippen LogP contribution is -2.41. The highest BCUT2D eigenvalue weighted by Crippen LogP contribution is 2.25. The SMILES string of the molecule is CNCC1CCCN1C(=O)c1cc(-c2cccs2)[nH]n1.Cl. The molecule has 0 aliphatic carbocycles. The number of amides is 1. The third-order valence-electron chi connectivity index (χ3n) is 3.66. The van der Waals surface area contributed by atoms with Gasteiger partial charge in [-0.05, 0) is 37.4 Å². The Balaban J connectivity index is 0.00000161. The molecule has 1 fully saturated rings. The van der Waals surface area contributed by atoms with E-state index >= 15 is 0 Å². The van der Waals surface area contributed by atoms with Gasteiger partial charge in [-0.15, -0.1) is 23.7 Å². The Morgan fingerprint density at radius 2 is 2.48 bits per heavy atom. The molecule has 1 saturated heterocycles. The molecule has 2 aromatic rings. The minimum atomic E-state index is 0. The summed E-state index contributed by atoms with van der Waals surface area (Å²) in [5.41, 5.74) is 1.42. The maximum absolute atomic E-state index is 12.5. The first-order valence-corrected chi connectivity index (χ1v) is 7.72. The van der Waals surface area contributed by atoms with Crippen LogP contribution in [0, 0.1) is 0 Å². The Bertz CT molecular complexity index is 584. The van der Waals surface area contributed by atoms with Crippen LogP contribution in [0.2, 0.25) is 0 Å². The summed E-state index contributed by atoms with van der Waals surface area (Å²) in [6.07, 6.45) is 2.13. The van der Waals surface area contributed by atoms with E-state index in [4.69, 9.17) is 0 Å². The van der Waals surface area contributed by atoms with Crippen LogP contribution in [0.15, 0.2) is 23.6 Å². The summed E-state index contributed by atoms with van der Waals surface area (Å²) >= 11 is 1.64. The van der Waals surface area contributed by atoms with E-state index in [0.29, 0.717) is 5.69 Å². The van der Waals surface area contributed by atoms with Gasteiger partial charge < -0.3 is 10.2 Å². The molecular weight excluding hydrogens is 308 g/mol. The lowest BCUT2D eigenvalue weighted by molar-refractivity contribution is 0.0731. The Labute approximate surface area is 134 Å². The molecule has 114 valence electrons. The normalized spacial score (nSPS) is 17.8. The Morgan fingerprint density at radius 3 is 3.19 bits per heavy atom. The first-order valence-electron chi connectivity index (χ1n) is 6.84. The van der Waals surface area contributed by atoms with E-state index in [2.05, 4.69) is 15.5 Å². The van der Waals surface area contributed by atoms with Crippen molar-refractivity contribution < 1.29 is 4.79 Å². The van der Waals surface area contributed by atoms with Crippen LogP contribution in [-0.4, -0.2) is 47.2 Å². The monoisotopic (exact) mass is 326 g/mol. The van der Waals surface area contributed by atoms with E-state index < -0.39 is 0 Å². The summed E-state index contributed by atoms with van der Waals surface area (Å²) in [6.45, 7) is 1.67. The van der Waals surface area contributed by atoms with Crippen LogP contribution in [0.1, 0.15) is 23.3 Å². The molecule has 0 bridgehead atoms. The van der Waals surface area contributed by atoms with Crippen molar-refractivity contribution in [2.24, 2.45) is 0 Å². The van der Waals surface area contributed by atoms with E-state index in [0.717, 1.165) is 36.5 Å². The third-order valence-corrected chi connectivity index (χ3v) is 4.56. The van der Waals surface area contributed by atoms with Gasteiger partial charge in [0.05, 0.1) is 10.6 Å². The van der Waals surface area contributed by atoms with E-state index in [1.807, 2.05) is 35.5 Å². The lowest BCUT2D eigenvalue weighted by Gasteiger charge is -2.23. The smallest absolute Gasteiger partial charge is 0.274 e. The average molecular weight is 327 g/mol. The molecular formula is C14H19ClN4OS. The van der Waals surface area contributed by atoms with E-state index in [1.54, 1.807) is 11.3 Å². The van der Waals surface area contributed by atoms with Crippen LogP contribution < -0.4 is 5.32 Å². The summed E-state index contributed by atoms with van der Waals surface area (Å²) < 4.78 is 0. The van der Waals surface area contributed by atoms with Crippen LogP contribution in [0.3, 0.4) is 0 Å². The number of carbonyl (C=O) groups excluding carboxylic acids is 1. The average Bonchev–Trinajstić information content (AvgIpc) is 3.19. The van der Waals surface area contributed by atoms with Crippen molar-refractivity contribution in [1.29, 1.82) is 0 Å². The van der Waals surface area contributed by atoms with Gasteiger partial charge >= 0.3 is 0 Å². The molecule has 0 radical (unpaired) electrons. The zero-order chi connectivity index (χ0) is 13.9. The van der Waals surface area contributed by atoms with Crippen molar-refractivity contribution in [3.8, 4) is 10.6 Å². The molecule has 3 rings (SSSR count). The van der Waals surface area contributed by atoms with Crippen LogP contribution in [0.5, 0.6) is 0 Å². The lowest BCUT2D eigenvalue weighted by atomic mass is 10.2. The number of nitrogens with zero attached hydrogens (tertiary/aromatic N) is 2. The van der Waals surface area contributed by atoms with Crippen molar-refractivity contribution in [3.63, 3.8) is 0 Å². The molecule has 0 saturated carbocycles. The minimum absolute atomic E-state index is 0. The zero-order valence-electron chi connectivity index (χ0n) is 11.8. The Morgan fingerprint density at radius 1 is 1.62 bits per heavy atom. The molecule has 3 heterocycles. The summed E-state index contributed by atoms with van der Waals surface area (Å²) in [7, 11) is 1.92. The molecule has 2 aromatic heterocycles. The topological polar surface area (TPSA) is 61.0 Å². The van der Waals surface area contributed by atoms with Crippen LogP contribution in [0.4, 0.5) is 0 Å². The summed E-state index contributed by atoms with van der Waals surface area (Å²) in [5, 5.41) is 12.3. The highest BCUT2D eigenvalue weighted by atomic mass is 35.5. The van der Waals surface area contributed by atoms with E-state index in [-0.39, 0.29) is 24.4 Å². The molecule has 0 aromatic carbocycles. The molecule has 1 unspecified atom stereocenters. The second-order valence-corrected chi connectivity index (χ2v) is 5.94. The molecule has 1 aliphatic heterocycles. The highest BCUT2D eigenvalue weighted by Gasteiger charge is 2.30. The van der Waals surface area contributed by atoms with Crippen molar-refractivity contribution in [3.05, 3.63) is 29.3 Å². The molecule has 5 nitrogen and oxygen atoms in total. The standard InChI is InChI=1S/C14H18N4OS.ClH/c1-15-9-10-4-2-6-18(10)14(19)12-8-11(16-17-12)13-5-3-7-20-13;/h3,5,7-8,10,15H,2,4,6,9H2,1H3,(H,16,17);1H. The molecule has 1 aliphatic rings. The largest absolute Gasteiger partial charge is 0.333 e. The van der Waals surface area contributed by atoms with E-state index in [1.165, 1.54) is 0 Å². The van der Waals surface area contributed by atoms with Gasteiger partial charge in [0.1, 0.15) is 0 Å². The summed E-state index contributed by atoms with van der Waals surface area (Å²) in [5.74, 6) is 0.0295. The zero-order valence-corrected chi connectivity index (χ0v) is 13.5. The predicted molar refractivity (Wildman–Crippen MR) is 87.1 cm³/mol. The van der Waals surface area contributed by atoms with Gasteiger partial charge in [0.2, 0.25) is 0 Å². The number of hydrogen-bond acceptors (Lipinski definition) is 4. The number of aromatic nitrogens is 2. The maximum Gasteiger partial charge on any atom is 0.274 e. The fraction of sp³-hybridized carbons (Fsp3) is 0.429. The molecule has 21 heavy (non-hydrogen) atoms. The number of carbonyl (C=O) groups is 1. The molecule has 1 atom stereocenters. The van der Waals surface area contributed by atoms with Gasteiger partial charge in [-0.1, -0.05) is 6.07 Å². The van der Waals surface area contributed by atoms with Gasteiger partial charge in [0, 0.05) is 19.1 Å². The number of likely N-dealkylation sites (N-methyl/N-ethyl adjacent to an activating group) is 1. The number of thiophene rings is 1. The number of aromatic amines is 1. The molecule has 0 spiro atoms. The van der Waals surface area contributed by atoms with Crippen LogP contribution in [-0.2, 0) is 0 Å². The predicted octanol–water partition coefficient (Wildman–Crippen LogP) is 2.38. The maximum atomic E-state index is 12.5. The van der Waals surface area contributed by atoms with Gasteiger partial charge in [-0.25, -0.2) is 0 Å². The summed E-state index contributed by atoms with van der Waals surface area (Å²) in [4.78, 5) is 15.6. The number of likely N-dealkylation sites (tertiary alicyclic amines) is 1. The van der Waals surface area contributed by atoms with Crippen LogP contribution in [0.25, 0.3) is 10.6 Å². The fourth-order valence-electron chi connectivity index (χ4n) is 2.69. The number of H-pyrrole nitrogens is 1. The third kappa shape index (κ3) is 3.28.